The molecule has 2 aliphatic heterocycles. The summed E-state index contributed by atoms with van der Waals surface area (Å²) in [4.78, 5) is 15.4. The number of likely N-dealkylation sites (tertiary alicyclic amines) is 1. The van der Waals surface area contributed by atoms with E-state index in [4.69, 9.17) is 4.74 Å². The third kappa shape index (κ3) is 4.42. The van der Waals surface area contributed by atoms with Crippen LogP contribution in [-0.4, -0.2) is 51.2 Å². The first-order valence-corrected chi connectivity index (χ1v) is 11.9. The van der Waals surface area contributed by atoms with Gasteiger partial charge in [-0.1, -0.05) is 60.7 Å². The number of nitrogens with zero attached hydrogens (tertiary/aromatic N) is 1. The van der Waals surface area contributed by atoms with Gasteiger partial charge in [-0.2, -0.15) is 0 Å². The predicted octanol–water partition coefficient (Wildman–Crippen LogP) is 2.75. The zero-order valence-corrected chi connectivity index (χ0v) is 17.6. The smallest absolute Gasteiger partial charge is 0.287 e. The van der Waals surface area contributed by atoms with Crippen molar-refractivity contribution in [3.63, 3.8) is 0 Å². The molecule has 6 nitrogen and oxygen atoms in total. The highest BCUT2D eigenvalue weighted by Gasteiger charge is 2.34. The van der Waals surface area contributed by atoms with Crippen molar-refractivity contribution >= 4 is 20.6 Å². The molecule has 2 aromatic rings. The Morgan fingerprint density at radius 1 is 1.00 bits per heavy atom. The van der Waals surface area contributed by atoms with E-state index in [0.29, 0.717) is 12.1 Å². The number of benzene rings is 2. The Bertz CT molecular complexity index is 1010. The molecule has 0 spiro atoms. The molecule has 1 unspecified atom stereocenters. The normalized spacial score (nSPS) is 19.9. The third-order valence-corrected chi connectivity index (χ3v) is 7.33. The van der Waals surface area contributed by atoms with Crippen molar-refractivity contribution in [2.24, 2.45) is 0 Å². The van der Waals surface area contributed by atoms with E-state index in [2.05, 4.69) is 22.3 Å². The lowest BCUT2D eigenvalue weighted by molar-refractivity contribution is -0.121. The van der Waals surface area contributed by atoms with Gasteiger partial charge >= 0.3 is 0 Å². The lowest BCUT2D eigenvalue weighted by Crippen LogP contribution is -2.39. The molecule has 4 rings (SSSR count). The monoisotopic (exact) mass is 426 g/mol. The Kier molecular flexibility index (Phi) is 6.20. The molecule has 0 aliphatic carbocycles. The van der Waals surface area contributed by atoms with E-state index >= 15 is 0 Å². The van der Waals surface area contributed by atoms with Crippen LogP contribution in [0.15, 0.2) is 66.4 Å². The number of hydrogen-bond donors (Lipinski definition) is 1. The molecule has 1 amide bonds. The molecule has 0 aromatic heterocycles. The molecule has 7 heteroatoms. The lowest BCUT2D eigenvalue weighted by atomic mass is 10.1. The van der Waals surface area contributed by atoms with E-state index < -0.39 is 15.7 Å². The Morgan fingerprint density at radius 2 is 1.63 bits per heavy atom. The molecule has 2 aromatic carbocycles. The van der Waals surface area contributed by atoms with E-state index in [9.17, 15) is 13.2 Å². The molecular weight excluding hydrogens is 400 g/mol. The average Bonchev–Trinajstić information content (AvgIpc) is 3.29. The van der Waals surface area contributed by atoms with Gasteiger partial charge in [0.05, 0.1) is 11.8 Å². The molecule has 0 bridgehead atoms. The van der Waals surface area contributed by atoms with Crippen LogP contribution >= 0.6 is 0 Å². The van der Waals surface area contributed by atoms with Crippen LogP contribution in [0.3, 0.4) is 0 Å². The van der Waals surface area contributed by atoms with Crippen molar-refractivity contribution < 1.29 is 17.9 Å². The van der Waals surface area contributed by atoms with Crippen molar-refractivity contribution in [3.8, 4) is 0 Å². The molecule has 2 aliphatic rings. The van der Waals surface area contributed by atoms with Crippen LogP contribution in [0.2, 0.25) is 0 Å². The number of rotatable bonds is 6. The van der Waals surface area contributed by atoms with Gasteiger partial charge in [0.15, 0.2) is 9.84 Å². The van der Waals surface area contributed by atoms with Crippen molar-refractivity contribution in [2.45, 2.75) is 18.9 Å². The van der Waals surface area contributed by atoms with Crippen LogP contribution in [0.25, 0.3) is 4.91 Å². The summed E-state index contributed by atoms with van der Waals surface area (Å²) in [6, 6.07) is 18.8. The number of carbonyl (C=O) groups excluding carboxylic acids is 1. The summed E-state index contributed by atoms with van der Waals surface area (Å²) < 4.78 is 31.1. The SMILES string of the molecule is O=C(NCC(c1ccccc1)N1CCCC1)C1=C(c2ccccc2)S(=O)(=O)CCO1. The quantitative estimate of drug-likeness (QED) is 0.769. The van der Waals surface area contributed by atoms with Crippen LogP contribution in [-0.2, 0) is 19.4 Å². The van der Waals surface area contributed by atoms with Crippen LogP contribution < -0.4 is 5.32 Å². The van der Waals surface area contributed by atoms with Gasteiger partial charge in [0, 0.05) is 6.54 Å². The summed E-state index contributed by atoms with van der Waals surface area (Å²) >= 11 is 0. The Morgan fingerprint density at radius 3 is 2.30 bits per heavy atom. The third-order valence-electron chi connectivity index (χ3n) is 5.58. The van der Waals surface area contributed by atoms with Crippen LogP contribution in [0, 0.1) is 0 Å². The highest BCUT2D eigenvalue weighted by Crippen LogP contribution is 2.30. The molecular formula is C23H26N2O4S. The van der Waals surface area contributed by atoms with E-state index in [1.54, 1.807) is 30.3 Å². The largest absolute Gasteiger partial charge is 0.486 e. The number of amides is 1. The van der Waals surface area contributed by atoms with Gasteiger partial charge in [-0.25, -0.2) is 8.42 Å². The van der Waals surface area contributed by atoms with E-state index in [-0.39, 0.29) is 29.1 Å². The molecule has 1 saturated heterocycles. The number of sulfone groups is 1. The molecule has 30 heavy (non-hydrogen) atoms. The summed E-state index contributed by atoms with van der Waals surface area (Å²) in [5, 5.41) is 2.94. The number of nitrogens with one attached hydrogen (secondary N) is 1. The standard InChI is InChI=1S/C23H26N2O4S/c26-23(21-22(19-11-5-2-6-12-19)30(27,28)16-15-29-21)24-17-20(25-13-7-8-14-25)18-9-3-1-4-10-18/h1-6,9-12,20H,7-8,13-17H2,(H,24,26). The summed E-state index contributed by atoms with van der Waals surface area (Å²) in [7, 11) is -3.59. The van der Waals surface area contributed by atoms with Gasteiger partial charge < -0.3 is 10.1 Å². The van der Waals surface area contributed by atoms with Crippen molar-refractivity contribution in [1.82, 2.24) is 10.2 Å². The minimum atomic E-state index is -3.59. The number of hydrogen-bond acceptors (Lipinski definition) is 5. The summed E-state index contributed by atoms with van der Waals surface area (Å²) in [5.41, 5.74) is 1.61. The first-order valence-electron chi connectivity index (χ1n) is 10.3. The molecule has 1 N–H and O–H groups in total. The van der Waals surface area contributed by atoms with E-state index in [1.165, 1.54) is 0 Å². The maximum absolute atomic E-state index is 13.0. The molecule has 0 radical (unpaired) electrons. The first-order chi connectivity index (χ1) is 14.6. The number of carbonyl (C=O) groups is 1. The van der Waals surface area contributed by atoms with Gasteiger partial charge in [-0.05, 0) is 37.1 Å². The summed E-state index contributed by atoms with van der Waals surface area (Å²) in [5.74, 6) is -0.730. The predicted molar refractivity (Wildman–Crippen MR) is 116 cm³/mol. The first kappa shape index (κ1) is 20.6. The molecule has 1 fully saturated rings. The van der Waals surface area contributed by atoms with Crippen molar-refractivity contribution in [3.05, 3.63) is 77.5 Å². The van der Waals surface area contributed by atoms with Crippen LogP contribution in [0.5, 0.6) is 0 Å². The van der Waals surface area contributed by atoms with Crippen LogP contribution in [0.1, 0.15) is 30.0 Å². The second-order valence-corrected chi connectivity index (χ2v) is 9.62. The van der Waals surface area contributed by atoms with E-state index in [0.717, 1.165) is 31.5 Å². The van der Waals surface area contributed by atoms with Gasteiger partial charge in [-0.3, -0.25) is 9.69 Å². The molecule has 158 valence electrons. The van der Waals surface area contributed by atoms with Gasteiger partial charge in [0.2, 0.25) is 5.76 Å². The zero-order valence-electron chi connectivity index (χ0n) is 16.8. The summed E-state index contributed by atoms with van der Waals surface area (Å²) in [6.07, 6.45) is 2.28. The molecule has 1 atom stereocenters. The van der Waals surface area contributed by atoms with E-state index in [1.807, 2.05) is 18.2 Å². The maximum Gasteiger partial charge on any atom is 0.287 e. The van der Waals surface area contributed by atoms with Gasteiger partial charge in [0.1, 0.15) is 11.5 Å². The fraction of sp³-hybridized carbons (Fsp3) is 0.348. The highest BCUT2D eigenvalue weighted by molar-refractivity contribution is 8.00. The van der Waals surface area contributed by atoms with Crippen molar-refractivity contribution in [1.29, 1.82) is 0 Å². The van der Waals surface area contributed by atoms with Crippen LogP contribution in [0.4, 0.5) is 0 Å². The Balaban J connectivity index is 1.60. The maximum atomic E-state index is 13.0. The Labute approximate surface area is 177 Å². The Hall–Kier alpha value is -2.64. The van der Waals surface area contributed by atoms with Gasteiger partial charge in [0.25, 0.3) is 5.91 Å². The fourth-order valence-electron chi connectivity index (χ4n) is 4.09. The van der Waals surface area contributed by atoms with Crippen molar-refractivity contribution in [2.75, 3.05) is 32.0 Å². The summed E-state index contributed by atoms with van der Waals surface area (Å²) in [6.45, 7) is 2.34. The second-order valence-electron chi connectivity index (χ2n) is 7.57. The fourth-order valence-corrected chi connectivity index (χ4v) is 5.52. The minimum Gasteiger partial charge on any atom is -0.486 e. The second kappa shape index (κ2) is 9.02. The molecule has 2 heterocycles. The minimum absolute atomic E-state index is 0.0182. The highest BCUT2D eigenvalue weighted by atomic mass is 32.2. The average molecular weight is 427 g/mol. The number of ether oxygens (including phenoxy) is 1. The zero-order chi connectivity index (χ0) is 21.0. The van der Waals surface area contributed by atoms with Gasteiger partial charge in [-0.15, -0.1) is 0 Å². The topological polar surface area (TPSA) is 75.7 Å². The molecule has 0 saturated carbocycles. The lowest BCUT2D eigenvalue weighted by Gasteiger charge is -2.29.